The summed E-state index contributed by atoms with van der Waals surface area (Å²) < 4.78 is 13.5. The molecule has 1 aromatic rings. The highest BCUT2D eigenvalue weighted by molar-refractivity contribution is 5.78. The van der Waals surface area contributed by atoms with Gasteiger partial charge in [-0.05, 0) is 36.5 Å². The number of carbonyl (C=O) groups is 1. The van der Waals surface area contributed by atoms with Gasteiger partial charge in [-0.15, -0.1) is 0 Å². The highest BCUT2D eigenvalue weighted by Gasteiger charge is 2.26. The van der Waals surface area contributed by atoms with Gasteiger partial charge >= 0.3 is 0 Å². The third-order valence-corrected chi connectivity index (χ3v) is 5.25. The lowest BCUT2D eigenvalue weighted by molar-refractivity contribution is -0.123. The maximum Gasteiger partial charge on any atom is 0.234 e. The van der Waals surface area contributed by atoms with Gasteiger partial charge in [0.15, 0.2) is 0 Å². The van der Waals surface area contributed by atoms with Gasteiger partial charge in [0.25, 0.3) is 0 Å². The Kier molecular flexibility index (Phi) is 6.21. The van der Waals surface area contributed by atoms with Crippen LogP contribution in [0.4, 0.5) is 4.39 Å². The molecule has 2 fully saturated rings. The smallest absolute Gasteiger partial charge is 0.234 e. The lowest BCUT2D eigenvalue weighted by Crippen LogP contribution is -2.49. The second-order valence-electron chi connectivity index (χ2n) is 7.05. The van der Waals surface area contributed by atoms with Gasteiger partial charge in [0.1, 0.15) is 5.82 Å². The first-order chi connectivity index (χ1) is 11.7. The molecule has 1 heterocycles. The molecule has 132 valence electrons. The van der Waals surface area contributed by atoms with Crippen LogP contribution in [0, 0.1) is 11.7 Å². The minimum Gasteiger partial charge on any atom is -0.355 e. The minimum atomic E-state index is -0.222. The van der Waals surface area contributed by atoms with Crippen molar-refractivity contribution in [3.63, 3.8) is 0 Å². The van der Waals surface area contributed by atoms with Gasteiger partial charge < -0.3 is 10.6 Å². The first-order valence-electron chi connectivity index (χ1n) is 9.19. The maximum atomic E-state index is 13.5. The van der Waals surface area contributed by atoms with Gasteiger partial charge in [0, 0.05) is 32.2 Å². The molecule has 1 aliphatic heterocycles. The largest absolute Gasteiger partial charge is 0.355 e. The molecule has 3 rings (SSSR count). The fourth-order valence-electron chi connectivity index (χ4n) is 3.87. The molecule has 0 aromatic heterocycles. The predicted octanol–water partition coefficient (Wildman–Crippen LogP) is 2.47. The first-order valence-corrected chi connectivity index (χ1v) is 9.19. The Morgan fingerprint density at radius 2 is 2.12 bits per heavy atom. The molecule has 1 unspecified atom stereocenters. The molecular formula is C19H28FN3O. The third kappa shape index (κ3) is 4.77. The van der Waals surface area contributed by atoms with Crippen molar-refractivity contribution in [1.82, 2.24) is 15.5 Å². The SMILES string of the molecule is O=C(CN1CCNCC1c1cccc(F)c1)NCC1CCCCC1. The molecule has 1 aliphatic carbocycles. The fraction of sp³-hybridized carbons (Fsp3) is 0.632. The lowest BCUT2D eigenvalue weighted by atomic mass is 9.89. The zero-order valence-corrected chi connectivity index (χ0v) is 14.3. The van der Waals surface area contributed by atoms with Crippen molar-refractivity contribution in [2.75, 3.05) is 32.7 Å². The third-order valence-electron chi connectivity index (χ3n) is 5.25. The van der Waals surface area contributed by atoms with Crippen LogP contribution in [0.1, 0.15) is 43.7 Å². The van der Waals surface area contributed by atoms with E-state index in [1.807, 2.05) is 6.07 Å². The van der Waals surface area contributed by atoms with E-state index in [9.17, 15) is 9.18 Å². The van der Waals surface area contributed by atoms with Crippen LogP contribution in [0.15, 0.2) is 24.3 Å². The Hall–Kier alpha value is -1.46. The van der Waals surface area contributed by atoms with E-state index in [1.165, 1.54) is 38.2 Å². The van der Waals surface area contributed by atoms with Gasteiger partial charge in [-0.1, -0.05) is 31.4 Å². The van der Waals surface area contributed by atoms with Crippen molar-refractivity contribution in [2.45, 2.75) is 38.1 Å². The lowest BCUT2D eigenvalue weighted by Gasteiger charge is -2.36. The van der Waals surface area contributed by atoms with Crippen LogP contribution in [-0.4, -0.2) is 43.5 Å². The second kappa shape index (κ2) is 8.58. The Bertz CT molecular complexity index is 545. The standard InChI is InChI=1S/C19H28FN3O/c20-17-8-4-7-16(11-17)18-13-21-9-10-23(18)14-19(24)22-12-15-5-2-1-3-6-15/h4,7-8,11,15,18,21H,1-3,5-6,9-10,12-14H2,(H,22,24). The molecule has 0 bridgehead atoms. The zero-order chi connectivity index (χ0) is 16.8. The van der Waals surface area contributed by atoms with Crippen LogP contribution in [0.5, 0.6) is 0 Å². The monoisotopic (exact) mass is 333 g/mol. The summed E-state index contributed by atoms with van der Waals surface area (Å²) in [6, 6.07) is 6.76. The van der Waals surface area contributed by atoms with E-state index in [0.29, 0.717) is 12.5 Å². The highest BCUT2D eigenvalue weighted by Crippen LogP contribution is 2.24. The van der Waals surface area contributed by atoms with E-state index in [2.05, 4.69) is 15.5 Å². The average Bonchev–Trinajstić information content (AvgIpc) is 2.61. The van der Waals surface area contributed by atoms with Crippen molar-refractivity contribution in [2.24, 2.45) is 5.92 Å². The predicted molar refractivity (Wildman–Crippen MR) is 93.2 cm³/mol. The van der Waals surface area contributed by atoms with Crippen molar-refractivity contribution in [1.29, 1.82) is 0 Å². The van der Waals surface area contributed by atoms with E-state index >= 15 is 0 Å². The van der Waals surface area contributed by atoms with E-state index in [-0.39, 0.29) is 17.8 Å². The molecule has 24 heavy (non-hydrogen) atoms. The van der Waals surface area contributed by atoms with Crippen LogP contribution in [0.25, 0.3) is 0 Å². The molecule has 1 saturated carbocycles. The molecular weight excluding hydrogens is 305 g/mol. The highest BCUT2D eigenvalue weighted by atomic mass is 19.1. The summed E-state index contributed by atoms with van der Waals surface area (Å²) >= 11 is 0. The molecule has 0 radical (unpaired) electrons. The number of halogens is 1. The van der Waals surface area contributed by atoms with E-state index < -0.39 is 0 Å². The number of nitrogens with one attached hydrogen (secondary N) is 2. The van der Waals surface area contributed by atoms with E-state index in [0.717, 1.165) is 31.7 Å². The number of piperazine rings is 1. The summed E-state index contributed by atoms with van der Waals surface area (Å²) in [5.74, 6) is 0.508. The number of hydrogen-bond acceptors (Lipinski definition) is 3. The number of carbonyl (C=O) groups excluding carboxylic acids is 1. The molecule has 1 amide bonds. The van der Waals surface area contributed by atoms with Crippen LogP contribution < -0.4 is 10.6 Å². The molecule has 2 N–H and O–H groups in total. The van der Waals surface area contributed by atoms with Crippen LogP contribution in [0.2, 0.25) is 0 Å². The number of rotatable bonds is 5. The molecule has 1 atom stereocenters. The van der Waals surface area contributed by atoms with Crippen molar-refractivity contribution >= 4 is 5.91 Å². The summed E-state index contributed by atoms with van der Waals surface area (Å²) in [6.45, 7) is 3.60. The molecule has 5 heteroatoms. The van der Waals surface area contributed by atoms with Crippen LogP contribution in [-0.2, 0) is 4.79 Å². The normalized spacial score (nSPS) is 23.1. The molecule has 2 aliphatic rings. The second-order valence-corrected chi connectivity index (χ2v) is 7.05. The molecule has 0 spiro atoms. The topological polar surface area (TPSA) is 44.4 Å². The van der Waals surface area contributed by atoms with Crippen molar-refractivity contribution in [3.05, 3.63) is 35.6 Å². The van der Waals surface area contributed by atoms with Gasteiger partial charge in [-0.2, -0.15) is 0 Å². The van der Waals surface area contributed by atoms with Crippen LogP contribution in [0.3, 0.4) is 0 Å². The number of nitrogens with zero attached hydrogens (tertiary/aromatic N) is 1. The Balaban J connectivity index is 1.54. The average molecular weight is 333 g/mol. The van der Waals surface area contributed by atoms with Gasteiger partial charge in [0.05, 0.1) is 6.54 Å². The Morgan fingerprint density at radius 1 is 1.29 bits per heavy atom. The first kappa shape index (κ1) is 17.4. The van der Waals surface area contributed by atoms with E-state index in [1.54, 1.807) is 12.1 Å². The summed E-state index contributed by atoms with van der Waals surface area (Å²) in [7, 11) is 0. The van der Waals surface area contributed by atoms with Crippen LogP contribution >= 0.6 is 0 Å². The molecule has 1 aromatic carbocycles. The van der Waals surface area contributed by atoms with Crippen molar-refractivity contribution in [3.8, 4) is 0 Å². The summed E-state index contributed by atoms with van der Waals surface area (Å²) in [5.41, 5.74) is 0.933. The zero-order valence-electron chi connectivity index (χ0n) is 14.3. The van der Waals surface area contributed by atoms with Crippen molar-refractivity contribution < 1.29 is 9.18 Å². The Labute approximate surface area is 143 Å². The van der Waals surface area contributed by atoms with Gasteiger partial charge in [-0.25, -0.2) is 4.39 Å². The van der Waals surface area contributed by atoms with Gasteiger partial charge in [-0.3, -0.25) is 9.69 Å². The quantitative estimate of drug-likeness (QED) is 0.870. The number of amides is 1. The summed E-state index contributed by atoms with van der Waals surface area (Å²) in [5, 5.41) is 6.45. The fourth-order valence-corrected chi connectivity index (χ4v) is 3.87. The number of hydrogen-bond donors (Lipinski definition) is 2. The molecule has 1 saturated heterocycles. The summed E-state index contributed by atoms with van der Waals surface area (Å²) in [4.78, 5) is 14.5. The van der Waals surface area contributed by atoms with Gasteiger partial charge in [0.2, 0.25) is 5.91 Å². The van der Waals surface area contributed by atoms with E-state index in [4.69, 9.17) is 0 Å². The maximum absolute atomic E-state index is 13.5. The Morgan fingerprint density at radius 3 is 2.92 bits per heavy atom. The summed E-state index contributed by atoms with van der Waals surface area (Å²) in [6.07, 6.45) is 6.39. The minimum absolute atomic E-state index is 0.0508. The molecule has 4 nitrogen and oxygen atoms in total. The number of benzene rings is 1.